The third kappa shape index (κ3) is 3.20. The van der Waals surface area contributed by atoms with Gasteiger partial charge in [-0.2, -0.15) is 5.26 Å². The summed E-state index contributed by atoms with van der Waals surface area (Å²) < 4.78 is 5.17. The molecule has 0 radical (unpaired) electrons. The smallest absolute Gasteiger partial charge is 0.117 e. The first kappa shape index (κ1) is 12.4. The quantitative estimate of drug-likeness (QED) is 0.841. The summed E-state index contributed by atoms with van der Waals surface area (Å²) in [5, 5.41) is 21.7. The van der Waals surface area contributed by atoms with E-state index in [2.05, 4.69) is 5.32 Å². The molecular formula is C14H14N2O2. The summed E-state index contributed by atoms with van der Waals surface area (Å²) in [4.78, 5) is 0. The van der Waals surface area contributed by atoms with Crippen LogP contribution < -0.4 is 5.32 Å². The van der Waals surface area contributed by atoms with E-state index in [1.807, 2.05) is 18.2 Å². The lowest BCUT2D eigenvalue weighted by atomic mass is 10.1. The Kier molecular flexibility index (Phi) is 4.13. The van der Waals surface area contributed by atoms with Gasteiger partial charge in [0.15, 0.2) is 0 Å². The first-order valence-corrected chi connectivity index (χ1v) is 5.71. The fourth-order valence-electron chi connectivity index (χ4n) is 1.64. The predicted octanol–water partition coefficient (Wildman–Crippen LogP) is 1.97. The molecule has 0 saturated carbocycles. The molecule has 1 aromatic carbocycles. The molecule has 0 spiro atoms. The molecule has 2 rings (SSSR count). The van der Waals surface area contributed by atoms with Gasteiger partial charge in [0.2, 0.25) is 0 Å². The van der Waals surface area contributed by atoms with Gasteiger partial charge < -0.3 is 14.8 Å². The lowest BCUT2D eigenvalue weighted by Gasteiger charge is -2.11. The maximum Gasteiger partial charge on any atom is 0.117 e. The van der Waals surface area contributed by atoms with E-state index in [1.54, 1.807) is 30.5 Å². The van der Waals surface area contributed by atoms with Crippen LogP contribution in [0.5, 0.6) is 0 Å². The second-order valence-corrected chi connectivity index (χ2v) is 3.96. The highest BCUT2D eigenvalue weighted by Crippen LogP contribution is 2.13. The molecular weight excluding hydrogens is 228 g/mol. The molecule has 1 heterocycles. The highest BCUT2D eigenvalue weighted by atomic mass is 16.3. The minimum atomic E-state index is -0.590. The molecule has 4 heteroatoms. The first-order chi connectivity index (χ1) is 8.79. The Hall–Kier alpha value is -2.09. The molecule has 2 aromatic rings. The number of furan rings is 1. The molecule has 0 aliphatic rings. The summed E-state index contributed by atoms with van der Waals surface area (Å²) in [5.74, 6) is 0.835. The number of nitriles is 1. The van der Waals surface area contributed by atoms with Gasteiger partial charge in [-0.1, -0.05) is 12.1 Å². The van der Waals surface area contributed by atoms with Gasteiger partial charge in [0.25, 0.3) is 0 Å². The Morgan fingerprint density at radius 3 is 2.67 bits per heavy atom. The number of nitrogens with zero attached hydrogens (tertiary/aromatic N) is 1. The zero-order valence-electron chi connectivity index (χ0n) is 9.84. The van der Waals surface area contributed by atoms with Crippen LogP contribution in [0.2, 0.25) is 0 Å². The molecule has 18 heavy (non-hydrogen) atoms. The number of hydrogen-bond acceptors (Lipinski definition) is 4. The maximum absolute atomic E-state index is 9.94. The summed E-state index contributed by atoms with van der Waals surface area (Å²) in [6.07, 6.45) is 1.03. The van der Waals surface area contributed by atoms with Crippen molar-refractivity contribution in [2.75, 3.05) is 6.54 Å². The molecule has 0 fully saturated rings. The number of hydrogen-bond donors (Lipinski definition) is 2. The van der Waals surface area contributed by atoms with E-state index in [-0.39, 0.29) is 0 Å². The highest BCUT2D eigenvalue weighted by molar-refractivity contribution is 5.32. The van der Waals surface area contributed by atoms with Gasteiger partial charge in [-0.25, -0.2) is 0 Å². The molecule has 0 bridgehead atoms. The van der Waals surface area contributed by atoms with Crippen molar-refractivity contribution in [2.45, 2.75) is 12.6 Å². The number of rotatable bonds is 5. The van der Waals surface area contributed by atoms with Gasteiger partial charge in [-0.05, 0) is 29.8 Å². The van der Waals surface area contributed by atoms with Crippen LogP contribution in [0.3, 0.4) is 0 Å². The Bertz CT molecular complexity index is 512. The second kappa shape index (κ2) is 6.01. The molecule has 92 valence electrons. The normalized spacial score (nSPS) is 12.0. The minimum absolute atomic E-state index is 0.437. The van der Waals surface area contributed by atoms with E-state index in [9.17, 15) is 5.11 Å². The average Bonchev–Trinajstić information content (AvgIpc) is 2.92. The first-order valence-electron chi connectivity index (χ1n) is 5.71. The van der Waals surface area contributed by atoms with Gasteiger partial charge in [0.1, 0.15) is 5.76 Å². The van der Waals surface area contributed by atoms with Crippen LogP contribution in [0.25, 0.3) is 0 Å². The maximum atomic E-state index is 9.94. The molecule has 2 N–H and O–H groups in total. The van der Waals surface area contributed by atoms with Gasteiger partial charge in [0, 0.05) is 6.54 Å². The van der Waals surface area contributed by atoms with Crippen LogP contribution >= 0.6 is 0 Å². The van der Waals surface area contributed by atoms with Crippen molar-refractivity contribution in [1.29, 1.82) is 5.26 Å². The van der Waals surface area contributed by atoms with Crippen molar-refractivity contribution < 1.29 is 9.52 Å². The van der Waals surface area contributed by atoms with E-state index in [0.717, 1.165) is 11.3 Å². The van der Waals surface area contributed by atoms with Gasteiger partial charge >= 0.3 is 0 Å². The van der Waals surface area contributed by atoms with Crippen molar-refractivity contribution in [3.63, 3.8) is 0 Å². The third-order valence-electron chi connectivity index (χ3n) is 2.64. The zero-order chi connectivity index (χ0) is 12.8. The molecule has 0 saturated heterocycles. The third-order valence-corrected chi connectivity index (χ3v) is 2.64. The Labute approximate surface area is 105 Å². The van der Waals surface area contributed by atoms with Crippen LogP contribution in [-0.2, 0) is 6.54 Å². The molecule has 0 aliphatic heterocycles. The van der Waals surface area contributed by atoms with E-state index in [0.29, 0.717) is 18.7 Å². The number of nitrogens with one attached hydrogen (secondary N) is 1. The Morgan fingerprint density at radius 2 is 2.06 bits per heavy atom. The summed E-state index contributed by atoms with van der Waals surface area (Å²) in [6.45, 7) is 1.02. The second-order valence-electron chi connectivity index (χ2n) is 3.96. The molecule has 0 aliphatic carbocycles. The Morgan fingerprint density at radius 1 is 1.28 bits per heavy atom. The summed E-state index contributed by atoms with van der Waals surface area (Å²) in [6, 6.07) is 12.7. The van der Waals surface area contributed by atoms with Crippen LogP contribution in [0.1, 0.15) is 23.0 Å². The lowest BCUT2D eigenvalue weighted by molar-refractivity contribution is 0.173. The molecule has 0 amide bonds. The number of aliphatic hydroxyl groups excluding tert-OH is 1. The lowest BCUT2D eigenvalue weighted by Crippen LogP contribution is -2.20. The largest absolute Gasteiger partial charge is 0.468 e. The topological polar surface area (TPSA) is 69.2 Å². The van der Waals surface area contributed by atoms with Crippen molar-refractivity contribution in [2.24, 2.45) is 0 Å². The summed E-state index contributed by atoms with van der Waals surface area (Å²) >= 11 is 0. The molecule has 4 nitrogen and oxygen atoms in total. The number of benzene rings is 1. The zero-order valence-corrected chi connectivity index (χ0v) is 9.84. The van der Waals surface area contributed by atoms with E-state index in [4.69, 9.17) is 9.68 Å². The van der Waals surface area contributed by atoms with Crippen LogP contribution in [0.15, 0.2) is 47.1 Å². The number of aliphatic hydroxyl groups is 1. The van der Waals surface area contributed by atoms with Crippen molar-refractivity contribution in [3.8, 4) is 6.07 Å². The van der Waals surface area contributed by atoms with Crippen LogP contribution in [-0.4, -0.2) is 11.7 Å². The van der Waals surface area contributed by atoms with Crippen molar-refractivity contribution in [1.82, 2.24) is 5.32 Å². The standard InChI is InChI=1S/C14H14N2O2/c15-8-11-3-5-12(6-4-11)14(17)10-16-9-13-2-1-7-18-13/h1-7,14,16-17H,9-10H2. The van der Waals surface area contributed by atoms with Crippen LogP contribution in [0.4, 0.5) is 0 Å². The fraction of sp³-hybridized carbons (Fsp3) is 0.214. The van der Waals surface area contributed by atoms with Crippen molar-refractivity contribution >= 4 is 0 Å². The van der Waals surface area contributed by atoms with E-state index >= 15 is 0 Å². The Balaban J connectivity index is 1.83. The van der Waals surface area contributed by atoms with Gasteiger partial charge in [-0.15, -0.1) is 0 Å². The van der Waals surface area contributed by atoms with Crippen molar-refractivity contribution in [3.05, 3.63) is 59.5 Å². The highest BCUT2D eigenvalue weighted by Gasteiger charge is 2.07. The molecule has 1 aromatic heterocycles. The van der Waals surface area contributed by atoms with E-state index in [1.165, 1.54) is 0 Å². The average molecular weight is 242 g/mol. The molecule has 1 unspecified atom stereocenters. The van der Waals surface area contributed by atoms with Gasteiger partial charge in [0.05, 0.1) is 30.5 Å². The predicted molar refractivity (Wildman–Crippen MR) is 66.5 cm³/mol. The monoisotopic (exact) mass is 242 g/mol. The summed E-state index contributed by atoms with van der Waals surface area (Å²) in [5.41, 5.74) is 1.38. The van der Waals surface area contributed by atoms with Crippen LogP contribution in [0, 0.1) is 11.3 Å². The summed E-state index contributed by atoms with van der Waals surface area (Å²) in [7, 11) is 0. The SMILES string of the molecule is N#Cc1ccc(C(O)CNCc2ccco2)cc1. The fourth-order valence-corrected chi connectivity index (χ4v) is 1.64. The minimum Gasteiger partial charge on any atom is -0.468 e. The molecule has 1 atom stereocenters. The van der Waals surface area contributed by atoms with E-state index < -0.39 is 6.10 Å². The van der Waals surface area contributed by atoms with Gasteiger partial charge in [-0.3, -0.25) is 0 Å².